The van der Waals surface area contributed by atoms with Gasteiger partial charge in [-0.15, -0.1) is 0 Å². The minimum atomic E-state index is -0.175. The van der Waals surface area contributed by atoms with Crippen LogP contribution in [-0.2, 0) is 6.54 Å². The van der Waals surface area contributed by atoms with E-state index in [0.717, 1.165) is 28.6 Å². The number of rotatable bonds is 6. The van der Waals surface area contributed by atoms with Crippen molar-refractivity contribution in [2.24, 2.45) is 0 Å². The SMILES string of the molecule is CCCN(Cc1cc2cc(OC)ccc2[nH]c1=O)C(=O)c1cccc(C)c1. The van der Waals surface area contributed by atoms with Gasteiger partial charge >= 0.3 is 0 Å². The van der Waals surface area contributed by atoms with E-state index >= 15 is 0 Å². The Labute approximate surface area is 158 Å². The summed E-state index contributed by atoms with van der Waals surface area (Å²) in [6.45, 7) is 4.83. The normalized spacial score (nSPS) is 10.8. The lowest BCUT2D eigenvalue weighted by Gasteiger charge is -2.22. The summed E-state index contributed by atoms with van der Waals surface area (Å²) < 4.78 is 5.26. The fraction of sp³-hybridized carbons (Fsp3) is 0.273. The fourth-order valence-corrected chi connectivity index (χ4v) is 3.16. The molecule has 0 saturated heterocycles. The van der Waals surface area contributed by atoms with Crippen molar-refractivity contribution in [3.63, 3.8) is 0 Å². The predicted octanol–water partition coefficient (Wildman–Crippen LogP) is 3.90. The summed E-state index contributed by atoms with van der Waals surface area (Å²) in [6.07, 6.45) is 0.816. The zero-order valence-electron chi connectivity index (χ0n) is 15.9. The first kappa shape index (κ1) is 18.7. The number of H-pyrrole nitrogens is 1. The molecule has 3 rings (SSSR count). The summed E-state index contributed by atoms with van der Waals surface area (Å²) in [5.41, 5.74) is 2.81. The summed E-state index contributed by atoms with van der Waals surface area (Å²) >= 11 is 0. The Kier molecular flexibility index (Phi) is 5.60. The van der Waals surface area contributed by atoms with Crippen LogP contribution in [0, 0.1) is 6.92 Å². The zero-order chi connectivity index (χ0) is 19.4. The minimum Gasteiger partial charge on any atom is -0.497 e. The van der Waals surface area contributed by atoms with Crippen LogP contribution < -0.4 is 10.3 Å². The second kappa shape index (κ2) is 8.08. The van der Waals surface area contributed by atoms with E-state index in [1.165, 1.54) is 0 Å². The molecule has 2 aromatic carbocycles. The predicted molar refractivity (Wildman–Crippen MR) is 107 cm³/mol. The van der Waals surface area contributed by atoms with Crippen LogP contribution in [0.5, 0.6) is 5.75 Å². The Morgan fingerprint density at radius 3 is 2.67 bits per heavy atom. The lowest BCUT2D eigenvalue weighted by molar-refractivity contribution is 0.0742. The molecule has 0 spiro atoms. The van der Waals surface area contributed by atoms with Gasteiger partial charge in [-0.1, -0.05) is 24.6 Å². The Morgan fingerprint density at radius 1 is 1.15 bits per heavy atom. The number of hydrogen-bond donors (Lipinski definition) is 1. The van der Waals surface area contributed by atoms with E-state index in [-0.39, 0.29) is 18.0 Å². The van der Waals surface area contributed by atoms with Crippen molar-refractivity contribution in [2.75, 3.05) is 13.7 Å². The first-order valence-corrected chi connectivity index (χ1v) is 9.07. The van der Waals surface area contributed by atoms with E-state index < -0.39 is 0 Å². The lowest BCUT2D eigenvalue weighted by atomic mass is 10.1. The molecule has 3 aromatic rings. The van der Waals surface area contributed by atoms with Crippen LogP contribution in [0.15, 0.2) is 53.3 Å². The van der Waals surface area contributed by atoms with Gasteiger partial charge in [-0.2, -0.15) is 0 Å². The molecule has 0 atom stereocenters. The van der Waals surface area contributed by atoms with Crippen LogP contribution in [0.4, 0.5) is 0 Å². The highest BCUT2D eigenvalue weighted by Gasteiger charge is 2.17. The van der Waals surface area contributed by atoms with Gasteiger partial charge in [0.2, 0.25) is 0 Å². The largest absolute Gasteiger partial charge is 0.497 e. The van der Waals surface area contributed by atoms with Crippen molar-refractivity contribution < 1.29 is 9.53 Å². The summed E-state index contributed by atoms with van der Waals surface area (Å²) in [4.78, 5) is 30.1. The highest BCUT2D eigenvalue weighted by Crippen LogP contribution is 2.19. The third-order valence-electron chi connectivity index (χ3n) is 4.54. The highest BCUT2D eigenvalue weighted by atomic mass is 16.5. The zero-order valence-corrected chi connectivity index (χ0v) is 15.9. The van der Waals surface area contributed by atoms with E-state index in [2.05, 4.69) is 4.98 Å². The van der Waals surface area contributed by atoms with Crippen molar-refractivity contribution >= 4 is 16.8 Å². The van der Waals surface area contributed by atoms with Gasteiger partial charge in [-0.05, 0) is 49.7 Å². The first-order chi connectivity index (χ1) is 13.0. The molecule has 1 heterocycles. The van der Waals surface area contributed by atoms with Crippen molar-refractivity contribution in [1.29, 1.82) is 0 Å². The Balaban J connectivity index is 1.95. The van der Waals surface area contributed by atoms with Crippen LogP contribution in [0.1, 0.15) is 34.8 Å². The number of aryl methyl sites for hydroxylation is 1. The molecular weight excluding hydrogens is 340 g/mol. The maximum Gasteiger partial charge on any atom is 0.254 e. The van der Waals surface area contributed by atoms with Crippen molar-refractivity contribution in [3.05, 3.63) is 75.6 Å². The van der Waals surface area contributed by atoms with Gasteiger partial charge in [0.25, 0.3) is 11.5 Å². The third kappa shape index (κ3) is 4.19. The maximum absolute atomic E-state index is 13.0. The molecule has 1 amide bonds. The third-order valence-corrected chi connectivity index (χ3v) is 4.54. The number of nitrogens with zero attached hydrogens (tertiary/aromatic N) is 1. The molecule has 0 aliphatic carbocycles. The van der Waals surface area contributed by atoms with Gasteiger partial charge in [0, 0.05) is 28.6 Å². The van der Waals surface area contributed by atoms with E-state index in [9.17, 15) is 9.59 Å². The molecule has 0 bridgehead atoms. The number of carbonyl (C=O) groups excluding carboxylic acids is 1. The number of pyridine rings is 1. The number of benzene rings is 2. The van der Waals surface area contributed by atoms with Crippen molar-refractivity contribution in [2.45, 2.75) is 26.8 Å². The molecule has 0 unspecified atom stereocenters. The topological polar surface area (TPSA) is 62.4 Å². The van der Waals surface area contributed by atoms with E-state index in [4.69, 9.17) is 4.74 Å². The number of ether oxygens (including phenoxy) is 1. The van der Waals surface area contributed by atoms with E-state index in [1.807, 2.05) is 62.4 Å². The molecule has 5 nitrogen and oxygen atoms in total. The molecule has 0 aliphatic rings. The van der Waals surface area contributed by atoms with Gasteiger partial charge < -0.3 is 14.6 Å². The number of methoxy groups -OCH3 is 1. The van der Waals surface area contributed by atoms with Gasteiger partial charge in [0.05, 0.1) is 13.7 Å². The lowest BCUT2D eigenvalue weighted by Crippen LogP contribution is -2.33. The monoisotopic (exact) mass is 364 g/mol. The maximum atomic E-state index is 13.0. The number of carbonyl (C=O) groups is 1. The van der Waals surface area contributed by atoms with Gasteiger partial charge in [-0.25, -0.2) is 0 Å². The summed E-state index contributed by atoms with van der Waals surface area (Å²) in [6, 6.07) is 14.9. The second-order valence-electron chi connectivity index (χ2n) is 6.67. The van der Waals surface area contributed by atoms with Crippen molar-refractivity contribution in [1.82, 2.24) is 9.88 Å². The van der Waals surface area contributed by atoms with E-state index in [0.29, 0.717) is 17.7 Å². The highest BCUT2D eigenvalue weighted by molar-refractivity contribution is 5.94. The summed E-state index contributed by atoms with van der Waals surface area (Å²) in [5.74, 6) is 0.660. The number of fused-ring (bicyclic) bond motifs is 1. The molecule has 5 heteroatoms. The molecule has 1 aromatic heterocycles. The number of amides is 1. The Hall–Kier alpha value is -3.08. The molecule has 1 N–H and O–H groups in total. The number of aromatic nitrogens is 1. The van der Waals surface area contributed by atoms with Crippen molar-refractivity contribution in [3.8, 4) is 5.75 Å². The number of aromatic amines is 1. The second-order valence-corrected chi connectivity index (χ2v) is 6.67. The quantitative estimate of drug-likeness (QED) is 0.722. The molecule has 0 aliphatic heterocycles. The average molecular weight is 364 g/mol. The van der Waals surface area contributed by atoms with Gasteiger partial charge in [0.15, 0.2) is 0 Å². The smallest absolute Gasteiger partial charge is 0.254 e. The average Bonchev–Trinajstić information content (AvgIpc) is 2.67. The summed E-state index contributed by atoms with van der Waals surface area (Å²) in [7, 11) is 1.61. The van der Waals surface area contributed by atoms with Crippen LogP contribution >= 0.6 is 0 Å². The molecule has 0 radical (unpaired) electrons. The van der Waals surface area contributed by atoms with Gasteiger partial charge in [-0.3, -0.25) is 9.59 Å². The van der Waals surface area contributed by atoms with Crippen LogP contribution in [0.25, 0.3) is 10.9 Å². The first-order valence-electron chi connectivity index (χ1n) is 9.07. The number of hydrogen-bond acceptors (Lipinski definition) is 3. The van der Waals surface area contributed by atoms with E-state index in [1.54, 1.807) is 12.0 Å². The minimum absolute atomic E-state index is 0.0642. The molecule has 140 valence electrons. The Morgan fingerprint density at radius 2 is 1.96 bits per heavy atom. The Bertz CT molecular complexity index is 1020. The molecule has 0 fully saturated rings. The van der Waals surface area contributed by atoms with Crippen LogP contribution in [-0.4, -0.2) is 29.4 Å². The molecule has 27 heavy (non-hydrogen) atoms. The van der Waals surface area contributed by atoms with Crippen LogP contribution in [0.2, 0.25) is 0 Å². The molecule has 0 saturated carbocycles. The van der Waals surface area contributed by atoms with Crippen LogP contribution in [0.3, 0.4) is 0 Å². The standard InChI is InChI=1S/C22H24N2O3/c1-4-10-24(22(26)16-7-5-6-15(2)11-16)14-18-12-17-13-19(27-3)8-9-20(17)23-21(18)25/h5-9,11-13H,4,10,14H2,1-3H3,(H,23,25). The summed E-state index contributed by atoms with van der Waals surface area (Å²) in [5, 5.41) is 0.878. The number of nitrogens with one attached hydrogen (secondary N) is 1. The fourth-order valence-electron chi connectivity index (χ4n) is 3.16. The molecular formula is C22H24N2O3. The van der Waals surface area contributed by atoms with Gasteiger partial charge in [0.1, 0.15) is 5.75 Å².